The lowest BCUT2D eigenvalue weighted by Gasteiger charge is -2.15. The van der Waals surface area contributed by atoms with Gasteiger partial charge in [-0.3, -0.25) is 4.79 Å². The van der Waals surface area contributed by atoms with E-state index in [4.69, 9.17) is 0 Å². The minimum absolute atomic E-state index is 0.193. The third-order valence-electron chi connectivity index (χ3n) is 3.95. The van der Waals surface area contributed by atoms with Crippen LogP contribution >= 0.6 is 11.3 Å². The average molecular weight is 294 g/mol. The molecule has 1 aliphatic rings. The first-order valence-electron chi connectivity index (χ1n) is 7.89. The van der Waals surface area contributed by atoms with Gasteiger partial charge in [0.05, 0.1) is 10.7 Å². The van der Waals surface area contributed by atoms with Crippen molar-refractivity contribution in [3.05, 3.63) is 16.1 Å². The van der Waals surface area contributed by atoms with Crippen molar-refractivity contribution in [2.45, 2.75) is 77.2 Å². The van der Waals surface area contributed by atoms with Crippen LogP contribution in [-0.2, 0) is 11.2 Å². The van der Waals surface area contributed by atoms with Crippen LogP contribution in [0, 0.1) is 0 Å². The van der Waals surface area contributed by atoms with Crippen LogP contribution in [0.4, 0.5) is 0 Å². The Morgan fingerprint density at radius 1 is 1.35 bits per heavy atom. The minimum atomic E-state index is 0.193. The van der Waals surface area contributed by atoms with Crippen LogP contribution < -0.4 is 5.32 Å². The van der Waals surface area contributed by atoms with Crippen molar-refractivity contribution < 1.29 is 4.79 Å². The zero-order chi connectivity index (χ0) is 14.4. The van der Waals surface area contributed by atoms with E-state index in [-0.39, 0.29) is 5.91 Å². The summed E-state index contributed by atoms with van der Waals surface area (Å²) in [5, 5.41) is 6.40. The molecular formula is C16H26N2OS. The summed E-state index contributed by atoms with van der Waals surface area (Å²) in [6, 6.07) is 0.410. The average Bonchev–Trinajstić information content (AvgIpc) is 2.75. The third kappa shape index (κ3) is 4.89. The first kappa shape index (κ1) is 15.5. The lowest BCUT2D eigenvalue weighted by molar-refractivity contribution is -0.121. The zero-order valence-corrected chi connectivity index (χ0v) is 13.5. The SMILES string of the molecule is CC(C)c1csc(CCC(=O)NC2CCCCCC2)n1. The Labute approximate surface area is 126 Å². The van der Waals surface area contributed by atoms with Gasteiger partial charge < -0.3 is 5.32 Å². The highest BCUT2D eigenvalue weighted by atomic mass is 32.1. The molecule has 20 heavy (non-hydrogen) atoms. The summed E-state index contributed by atoms with van der Waals surface area (Å²) in [7, 11) is 0. The van der Waals surface area contributed by atoms with Gasteiger partial charge in [-0.25, -0.2) is 4.98 Å². The molecule has 0 atom stereocenters. The summed E-state index contributed by atoms with van der Waals surface area (Å²) in [5.41, 5.74) is 1.15. The highest BCUT2D eigenvalue weighted by molar-refractivity contribution is 7.09. The highest BCUT2D eigenvalue weighted by Crippen LogP contribution is 2.19. The van der Waals surface area contributed by atoms with Gasteiger partial charge in [0.1, 0.15) is 0 Å². The van der Waals surface area contributed by atoms with Gasteiger partial charge >= 0.3 is 0 Å². The molecule has 1 aromatic heterocycles. The second-order valence-corrected chi connectivity index (χ2v) is 7.02. The zero-order valence-electron chi connectivity index (χ0n) is 12.7. The van der Waals surface area contributed by atoms with Gasteiger partial charge in [0, 0.05) is 24.3 Å². The van der Waals surface area contributed by atoms with Crippen LogP contribution in [0.2, 0.25) is 0 Å². The number of carbonyl (C=O) groups is 1. The molecule has 0 spiro atoms. The van der Waals surface area contributed by atoms with Crippen LogP contribution in [0.3, 0.4) is 0 Å². The molecule has 112 valence electrons. The number of thiazole rings is 1. The molecule has 0 saturated heterocycles. The van der Waals surface area contributed by atoms with E-state index in [1.165, 1.54) is 25.7 Å². The van der Waals surface area contributed by atoms with E-state index in [2.05, 4.69) is 29.5 Å². The van der Waals surface area contributed by atoms with E-state index >= 15 is 0 Å². The normalized spacial score (nSPS) is 17.1. The number of aromatic nitrogens is 1. The Morgan fingerprint density at radius 3 is 2.65 bits per heavy atom. The second kappa shape index (κ2) is 7.77. The van der Waals surface area contributed by atoms with Gasteiger partial charge in [-0.05, 0) is 18.8 Å². The Morgan fingerprint density at radius 2 is 2.05 bits per heavy atom. The fraction of sp³-hybridized carbons (Fsp3) is 0.750. The Balaban J connectivity index is 1.73. The quantitative estimate of drug-likeness (QED) is 0.833. The van der Waals surface area contributed by atoms with Crippen molar-refractivity contribution in [3.8, 4) is 0 Å². The summed E-state index contributed by atoms with van der Waals surface area (Å²) in [4.78, 5) is 16.6. The molecule has 4 heteroatoms. The number of rotatable bonds is 5. The number of nitrogens with one attached hydrogen (secondary N) is 1. The summed E-state index contributed by atoms with van der Waals surface area (Å²) < 4.78 is 0. The molecule has 0 unspecified atom stereocenters. The molecular weight excluding hydrogens is 268 g/mol. The van der Waals surface area contributed by atoms with Gasteiger partial charge in [0.15, 0.2) is 0 Å². The van der Waals surface area contributed by atoms with Gasteiger partial charge in [-0.2, -0.15) is 0 Å². The van der Waals surface area contributed by atoms with E-state index in [0.29, 0.717) is 18.4 Å². The Bertz CT molecular complexity index is 420. The van der Waals surface area contributed by atoms with E-state index in [1.54, 1.807) is 11.3 Å². The molecule has 0 aliphatic heterocycles. The van der Waals surface area contributed by atoms with E-state index in [9.17, 15) is 4.79 Å². The fourth-order valence-corrected chi connectivity index (χ4v) is 3.61. The number of hydrogen-bond acceptors (Lipinski definition) is 3. The predicted octanol–water partition coefficient (Wildman–Crippen LogP) is 4.04. The molecule has 1 amide bonds. The predicted molar refractivity (Wildman–Crippen MR) is 84.2 cm³/mol. The molecule has 1 aliphatic carbocycles. The third-order valence-corrected chi connectivity index (χ3v) is 4.87. The van der Waals surface area contributed by atoms with Crippen molar-refractivity contribution in [3.63, 3.8) is 0 Å². The van der Waals surface area contributed by atoms with Crippen molar-refractivity contribution in [2.24, 2.45) is 0 Å². The smallest absolute Gasteiger partial charge is 0.220 e. The van der Waals surface area contributed by atoms with Crippen molar-refractivity contribution in [1.82, 2.24) is 10.3 Å². The molecule has 1 N–H and O–H groups in total. The lowest BCUT2D eigenvalue weighted by Crippen LogP contribution is -2.34. The van der Waals surface area contributed by atoms with Crippen LogP contribution in [0.25, 0.3) is 0 Å². The standard InChI is InChI=1S/C16H26N2OS/c1-12(2)14-11-20-16(18-14)10-9-15(19)17-13-7-5-3-4-6-8-13/h11-13H,3-10H2,1-2H3,(H,17,19). The maximum Gasteiger partial charge on any atom is 0.220 e. The van der Waals surface area contributed by atoms with Crippen molar-refractivity contribution in [1.29, 1.82) is 0 Å². The van der Waals surface area contributed by atoms with Crippen molar-refractivity contribution >= 4 is 17.2 Å². The van der Waals surface area contributed by atoms with E-state index < -0.39 is 0 Å². The van der Waals surface area contributed by atoms with Crippen LogP contribution in [0.1, 0.15) is 75.4 Å². The molecule has 1 saturated carbocycles. The van der Waals surface area contributed by atoms with Gasteiger partial charge in [-0.1, -0.05) is 39.5 Å². The number of hydrogen-bond donors (Lipinski definition) is 1. The summed E-state index contributed by atoms with van der Waals surface area (Å²) in [6.07, 6.45) is 8.82. The molecule has 1 heterocycles. The van der Waals surface area contributed by atoms with E-state index in [0.717, 1.165) is 30.0 Å². The monoisotopic (exact) mass is 294 g/mol. The van der Waals surface area contributed by atoms with E-state index in [1.807, 2.05) is 0 Å². The summed E-state index contributed by atoms with van der Waals surface area (Å²) in [5.74, 6) is 0.665. The fourth-order valence-electron chi connectivity index (χ4n) is 2.65. The number of carbonyl (C=O) groups excluding carboxylic acids is 1. The molecule has 0 radical (unpaired) electrons. The van der Waals surface area contributed by atoms with Crippen LogP contribution in [-0.4, -0.2) is 16.9 Å². The maximum atomic E-state index is 12.0. The van der Waals surface area contributed by atoms with Crippen LogP contribution in [0.5, 0.6) is 0 Å². The largest absolute Gasteiger partial charge is 0.353 e. The molecule has 3 nitrogen and oxygen atoms in total. The van der Waals surface area contributed by atoms with Gasteiger partial charge in [0.2, 0.25) is 5.91 Å². The second-order valence-electron chi connectivity index (χ2n) is 6.08. The first-order valence-corrected chi connectivity index (χ1v) is 8.77. The molecule has 0 aromatic carbocycles. The van der Waals surface area contributed by atoms with Crippen LogP contribution in [0.15, 0.2) is 5.38 Å². The highest BCUT2D eigenvalue weighted by Gasteiger charge is 2.15. The number of amides is 1. The maximum absolute atomic E-state index is 12.0. The topological polar surface area (TPSA) is 42.0 Å². The first-order chi connectivity index (χ1) is 9.65. The summed E-state index contributed by atoms with van der Waals surface area (Å²) in [6.45, 7) is 4.30. The molecule has 0 bridgehead atoms. The molecule has 1 fully saturated rings. The Hall–Kier alpha value is -0.900. The van der Waals surface area contributed by atoms with Gasteiger partial charge in [-0.15, -0.1) is 11.3 Å². The van der Waals surface area contributed by atoms with Gasteiger partial charge in [0.25, 0.3) is 0 Å². The lowest BCUT2D eigenvalue weighted by atomic mass is 10.1. The minimum Gasteiger partial charge on any atom is -0.353 e. The number of nitrogens with zero attached hydrogens (tertiary/aromatic N) is 1. The number of aryl methyl sites for hydroxylation is 1. The summed E-state index contributed by atoms with van der Waals surface area (Å²) >= 11 is 1.68. The van der Waals surface area contributed by atoms with Crippen molar-refractivity contribution in [2.75, 3.05) is 0 Å². The molecule has 1 aromatic rings. The Kier molecular flexibility index (Phi) is 6.02. The molecule has 2 rings (SSSR count).